The second-order valence-electron chi connectivity index (χ2n) is 3.91. The third kappa shape index (κ3) is 2.49. The fourth-order valence-electron chi connectivity index (χ4n) is 1.73. The summed E-state index contributed by atoms with van der Waals surface area (Å²) in [5.41, 5.74) is 0.923. The monoisotopic (exact) mass is 311 g/mol. The van der Waals surface area contributed by atoms with Crippen molar-refractivity contribution < 1.29 is 4.79 Å². The summed E-state index contributed by atoms with van der Waals surface area (Å²) in [6.07, 6.45) is 5.30. The average Bonchev–Trinajstić information content (AvgIpc) is 2.89. The highest BCUT2D eigenvalue weighted by Gasteiger charge is 2.15. The molecule has 3 aromatic rings. The summed E-state index contributed by atoms with van der Waals surface area (Å²) in [5.74, 6) is -0.174. The number of hydrogen-bond donors (Lipinski definition) is 0. The number of aromatic nitrogens is 3. The Hall–Kier alpha value is -1.43. The van der Waals surface area contributed by atoms with Crippen LogP contribution >= 0.6 is 34.5 Å². The maximum Gasteiger partial charge on any atom is 0.193 e. The van der Waals surface area contributed by atoms with Crippen molar-refractivity contribution in [3.8, 4) is 0 Å². The van der Waals surface area contributed by atoms with Crippen LogP contribution in [0.15, 0.2) is 30.0 Å². The van der Waals surface area contributed by atoms with Crippen molar-refractivity contribution in [3.63, 3.8) is 0 Å². The topological polar surface area (TPSA) is 47.3 Å². The summed E-state index contributed by atoms with van der Waals surface area (Å²) in [4.78, 5) is 21.3. The minimum Gasteiger partial charge on any atom is -0.297 e. The van der Waals surface area contributed by atoms with E-state index < -0.39 is 0 Å². The number of pyridine rings is 1. The Morgan fingerprint density at radius 3 is 3.00 bits per heavy atom. The second kappa shape index (κ2) is 4.92. The summed E-state index contributed by atoms with van der Waals surface area (Å²) >= 11 is 13.2. The molecule has 0 unspecified atom stereocenters. The first kappa shape index (κ1) is 12.6. The van der Waals surface area contributed by atoms with Crippen molar-refractivity contribution in [2.24, 2.45) is 0 Å². The molecule has 3 heterocycles. The number of fused-ring (bicyclic) bond motifs is 1. The Balaban J connectivity index is 1.86. The number of thiazole rings is 1. The lowest BCUT2D eigenvalue weighted by atomic mass is 10.1. The lowest BCUT2D eigenvalue weighted by Gasteiger charge is -2.01. The third-order valence-electron chi connectivity index (χ3n) is 2.56. The van der Waals surface area contributed by atoms with Crippen molar-refractivity contribution >= 4 is 45.3 Å². The zero-order chi connectivity index (χ0) is 13.4. The van der Waals surface area contributed by atoms with Crippen LogP contribution in [0.25, 0.3) is 4.96 Å². The molecule has 19 heavy (non-hydrogen) atoms. The Kier molecular flexibility index (Phi) is 3.26. The van der Waals surface area contributed by atoms with Crippen molar-refractivity contribution in [2.45, 2.75) is 6.42 Å². The molecule has 3 aromatic heterocycles. The second-order valence-corrected chi connectivity index (χ2v) is 5.63. The Morgan fingerprint density at radius 2 is 2.26 bits per heavy atom. The standard InChI is InChI=1S/C12H7Cl2N3OS/c13-7-3-9(14)11(15-5-7)10(18)4-8-6-17-1-2-19-12(17)16-8/h1-3,5-6H,4H2. The van der Waals surface area contributed by atoms with Crippen LogP contribution < -0.4 is 0 Å². The lowest BCUT2D eigenvalue weighted by Crippen LogP contribution is -2.07. The normalized spacial score (nSPS) is 11.1. The largest absolute Gasteiger partial charge is 0.297 e. The molecule has 0 aromatic carbocycles. The van der Waals surface area contributed by atoms with Gasteiger partial charge in [-0.2, -0.15) is 0 Å². The van der Waals surface area contributed by atoms with E-state index in [1.54, 1.807) is 0 Å². The molecule has 0 saturated heterocycles. The minimum atomic E-state index is -0.174. The minimum absolute atomic E-state index is 0.169. The lowest BCUT2D eigenvalue weighted by molar-refractivity contribution is 0.0987. The quantitative estimate of drug-likeness (QED) is 0.695. The van der Waals surface area contributed by atoms with Crippen LogP contribution in [0, 0.1) is 0 Å². The Morgan fingerprint density at radius 1 is 1.42 bits per heavy atom. The molecule has 0 fully saturated rings. The highest BCUT2D eigenvalue weighted by molar-refractivity contribution is 7.15. The fraction of sp³-hybridized carbons (Fsp3) is 0.0833. The SMILES string of the molecule is O=C(Cc1cn2ccsc2n1)c1ncc(Cl)cc1Cl. The maximum absolute atomic E-state index is 12.1. The van der Waals surface area contributed by atoms with Crippen LogP contribution in [0.5, 0.6) is 0 Å². The molecule has 4 nitrogen and oxygen atoms in total. The molecule has 0 spiro atoms. The number of hydrogen-bond acceptors (Lipinski definition) is 4. The summed E-state index contributed by atoms with van der Waals surface area (Å²) in [6, 6.07) is 1.51. The van der Waals surface area contributed by atoms with Crippen LogP contribution in [0.4, 0.5) is 0 Å². The van der Waals surface area contributed by atoms with Gasteiger partial charge in [-0.3, -0.25) is 9.20 Å². The summed E-state index contributed by atoms with van der Waals surface area (Å²) in [6.45, 7) is 0. The van der Waals surface area contributed by atoms with Gasteiger partial charge < -0.3 is 0 Å². The van der Waals surface area contributed by atoms with Gasteiger partial charge in [0.05, 0.1) is 22.2 Å². The zero-order valence-electron chi connectivity index (χ0n) is 9.51. The molecule has 0 N–H and O–H groups in total. The van der Waals surface area contributed by atoms with E-state index in [0.717, 1.165) is 4.96 Å². The van der Waals surface area contributed by atoms with Gasteiger partial charge in [-0.05, 0) is 6.07 Å². The van der Waals surface area contributed by atoms with Crippen molar-refractivity contribution in [2.75, 3.05) is 0 Å². The average molecular weight is 312 g/mol. The van der Waals surface area contributed by atoms with Gasteiger partial charge in [0.1, 0.15) is 5.69 Å². The number of carbonyl (C=O) groups excluding carboxylic acids is 1. The molecule has 3 rings (SSSR count). The third-order valence-corrected chi connectivity index (χ3v) is 3.82. The first-order valence-corrected chi connectivity index (χ1v) is 7.02. The van der Waals surface area contributed by atoms with Gasteiger partial charge in [-0.1, -0.05) is 23.2 Å². The molecule has 0 saturated carbocycles. The van der Waals surface area contributed by atoms with Gasteiger partial charge in [0, 0.05) is 24.0 Å². The number of Topliss-reactive ketones (excluding diaryl/α,β-unsaturated/α-hetero) is 1. The van der Waals surface area contributed by atoms with E-state index in [1.165, 1.54) is 23.6 Å². The van der Waals surface area contributed by atoms with Crippen molar-refractivity contribution in [1.82, 2.24) is 14.4 Å². The number of ketones is 1. The Bertz CT molecular complexity index is 737. The van der Waals surface area contributed by atoms with Gasteiger partial charge in [0.15, 0.2) is 10.7 Å². The molecular formula is C12H7Cl2N3OS. The Labute approximate surface area is 122 Å². The number of halogens is 2. The highest BCUT2D eigenvalue weighted by Crippen LogP contribution is 2.20. The van der Waals surface area contributed by atoms with Crippen LogP contribution in [0.3, 0.4) is 0 Å². The van der Waals surface area contributed by atoms with Crippen molar-refractivity contribution in [3.05, 3.63) is 51.5 Å². The number of rotatable bonds is 3. The predicted molar refractivity (Wildman–Crippen MR) is 75.4 cm³/mol. The van der Waals surface area contributed by atoms with Crippen molar-refractivity contribution in [1.29, 1.82) is 0 Å². The van der Waals surface area contributed by atoms with Crippen LogP contribution in [-0.2, 0) is 6.42 Å². The van der Waals surface area contributed by atoms with E-state index in [2.05, 4.69) is 9.97 Å². The van der Waals surface area contributed by atoms with Crippen LogP contribution in [0.1, 0.15) is 16.2 Å². The molecule has 0 aliphatic carbocycles. The van der Waals surface area contributed by atoms with Gasteiger partial charge >= 0.3 is 0 Å². The summed E-state index contributed by atoms with van der Waals surface area (Å²) in [7, 11) is 0. The van der Waals surface area contributed by atoms with Gasteiger partial charge in [-0.25, -0.2) is 9.97 Å². The molecule has 96 valence electrons. The number of nitrogens with zero attached hydrogens (tertiary/aromatic N) is 3. The van der Waals surface area contributed by atoms with Crippen LogP contribution in [0.2, 0.25) is 10.0 Å². The van der Waals surface area contributed by atoms with E-state index in [1.807, 2.05) is 22.2 Å². The van der Waals surface area contributed by atoms with Gasteiger partial charge in [-0.15, -0.1) is 11.3 Å². The predicted octanol–water partition coefficient (Wildman–Crippen LogP) is 3.52. The first-order chi connectivity index (χ1) is 9.13. The van der Waals surface area contributed by atoms with Crippen LogP contribution in [-0.4, -0.2) is 20.2 Å². The van der Waals surface area contributed by atoms with E-state index in [0.29, 0.717) is 10.7 Å². The summed E-state index contributed by atoms with van der Waals surface area (Å²) in [5, 5.41) is 2.61. The van der Waals surface area contributed by atoms with E-state index in [4.69, 9.17) is 23.2 Å². The number of imidazole rings is 1. The molecule has 0 aliphatic heterocycles. The first-order valence-electron chi connectivity index (χ1n) is 5.39. The highest BCUT2D eigenvalue weighted by atomic mass is 35.5. The molecule has 7 heteroatoms. The van der Waals surface area contributed by atoms with Gasteiger partial charge in [0.25, 0.3) is 0 Å². The smallest absolute Gasteiger partial charge is 0.193 e. The molecular weight excluding hydrogens is 305 g/mol. The van der Waals surface area contributed by atoms with E-state index in [-0.39, 0.29) is 22.9 Å². The zero-order valence-corrected chi connectivity index (χ0v) is 11.8. The maximum atomic E-state index is 12.1. The molecule has 0 amide bonds. The molecule has 0 atom stereocenters. The fourth-order valence-corrected chi connectivity index (χ4v) is 2.93. The summed E-state index contributed by atoms with van der Waals surface area (Å²) < 4.78 is 1.88. The van der Waals surface area contributed by atoms with E-state index >= 15 is 0 Å². The van der Waals surface area contributed by atoms with E-state index in [9.17, 15) is 4.79 Å². The molecule has 0 aliphatic rings. The molecule has 0 radical (unpaired) electrons. The van der Waals surface area contributed by atoms with Gasteiger partial charge in [0.2, 0.25) is 0 Å². The molecule has 0 bridgehead atoms. The number of carbonyl (C=O) groups is 1.